The highest BCUT2D eigenvalue weighted by molar-refractivity contribution is 5.82. The van der Waals surface area contributed by atoms with Crippen LogP contribution in [0.25, 0.3) is 11.0 Å². The number of aromatic amines is 2. The third kappa shape index (κ3) is 3.82. The molecule has 26 heavy (non-hydrogen) atoms. The minimum atomic E-state index is -0.792. The summed E-state index contributed by atoms with van der Waals surface area (Å²) in [6, 6.07) is 6.57. The fraction of sp³-hybridized carbons (Fsp3) is 0.294. The van der Waals surface area contributed by atoms with Crippen LogP contribution >= 0.6 is 0 Å². The number of H-pyrrole nitrogens is 2. The van der Waals surface area contributed by atoms with Gasteiger partial charge in [0, 0.05) is 17.5 Å². The Bertz CT molecular complexity index is 1050. The van der Waals surface area contributed by atoms with Crippen LogP contribution in [0.2, 0.25) is 0 Å². The zero-order valence-electron chi connectivity index (χ0n) is 14.3. The topological polar surface area (TPSA) is 130 Å². The normalized spacial score (nSPS) is 12.1. The Labute approximate surface area is 147 Å². The number of hydrogen-bond acceptors (Lipinski definition) is 6. The van der Waals surface area contributed by atoms with E-state index in [1.165, 1.54) is 6.07 Å². The van der Waals surface area contributed by atoms with Gasteiger partial charge in [0.25, 0.3) is 5.91 Å². The molecule has 0 aliphatic rings. The van der Waals surface area contributed by atoms with Crippen molar-refractivity contribution in [2.24, 2.45) is 0 Å². The van der Waals surface area contributed by atoms with Crippen molar-refractivity contribution in [3.8, 4) is 5.75 Å². The first-order chi connectivity index (χ1) is 12.5. The number of carbonyl (C=O) groups excluding carboxylic acids is 1. The molecule has 3 N–H and O–H groups in total. The van der Waals surface area contributed by atoms with Gasteiger partial charge < -0.3 is 14.5 Å². The molecular weight excluding hydrogens is 340 g/mol. The minimum absolute atomic E-state index is 0.0672. The molecule has 0 radical (unpaired) electrons. The summed E-state index contributed by atoms with van der Waals surface area (Å²) < 4.78 is 10.8. The van der Waals surface area contributed by atoms with Crippen LogP contribution in [-0.2, 0) is 17.8 Å². The number of aryl methyl sites for hydroxylation is 1. The molecule has 9 heteroatoms. The summed E-state index contributed by atoms with van der Waals surface area (Å²) in [5.41, 5.74) is 0.433. The first kappa shape index (κ1) is 17.5. The van der Waals surface area contributed by atoms with Gasteiger partial charge in [-0.15, -0.1) is 0 Å². The first-order valence-corrected chi connectivity index (χ1v) is 8.11. The van der Waals surface area contributed by atoms with Crippen LogP contribution in [-0.4, -0.2) is 27.2 Å². The summed E-state index contributed by atoms with van der Waals surface area (Å²) in [7, 11) is 0. The molecule has 1 amide bonds. The van der Waals surface area contributed by atoms with E-state index in [0.717, 1.165) is 10.9 Å². The summed E-state index contributed by atoms with van der Waals surface area (Å²) in [5.74, 6) is 0.345. The lowest BCUT2D eigenvalue weighted by Gasteiger charge is -2.14. The molecule has 0 saturated heterocycles. The molecule has 3 rings (SSSR count). The zero-order chi connectivity index (χ0) is 18.7. The Balaban J connectivity index is 1.70. The molecule has 136 valence electrons. The SMILES string of the molecule is CCc1cc(=O)oc2cc(O[C@H](C)C(=O)NCc3n[nH]c(=O)[nH]3)ccc12. The highest BCUT2D eigenvalue weighted by Crippen LogP contribution is 2.23. The molecule has 2 heterocycles. The van der Waals surface area contributed by atoms with Crippen LogP contribution in [0.5, 0.6) is 5.75 Å². The molecule has 1 atom stereocenters. The second-order valence-electron chi connectivity index (χ2n) is 5.70. The zero-order valence-corrected chi connectivity index (χ0v) is 14.3. The third-order valence-electron chi connectivity index (χ3n) is 3.84. The van der Waals surface area contributed by atoms with E-state index in [9.17, 15) is 14.4 Å². The van der Waals surface area contributed by atoms with Gasteiger partial charge >= 0.3 is 11.3 Å². The van der Waals surface area contributed by atoms with Gasteiger partial charge in [-0.1, -0.05) is 6.92 Å². The quantitative estimate of drug-likeness (QED) is 0.560. The van der Waals surface area contributed by atoms with E-state index >= 15 is 0 Å². The van der Waals surface area contributed by atoms with Gasteiger partial charge in [-0.2, -0.15) is 5.10 Å². The predicted molar refractivity (Wildman–Crippen MR) is 93.0 cm³/mol. The highest BCUT2D eigenvalue weighted by atomic mass is 16.5. The van der Waals surface area contributed by atoms with E-state index in [1.807, 2.05) is 6.92 Å². The standard InChI is InChI=1S/C17H18N4O5/c1-3-10-6-15(22)26-13-7-11(4-5-12(10)13)25-9(2)16(23)18-8-14-19-17(24)21-20-14/h4-7,9H,3,8H2,1-2H3,(H,18,23)(H2,19,20,21,24)/t9-/m1/s1. The summed E-state index contributed by atoms with van der Waals surface area (Å²) >= 11 is 0. The van der Waals surface area contributed by atoms with E-state index < -0.39 is 17.4 Å². The maximum Gasteiger partial charge on any atom is 0.340 e. The molecule has 9 nitrogen and oxygen atoms in total. The molecule has 1 aromatic carbocycles. The van der Waals surface area contributed by atoms with E-state index in [4.69, 9.17) is 9.15 Å². The average molecular weight is 358 g/mol. The molecule has 0 saturated carbocycles. The van der Waals surface area contributed by atoms with Gasteiger partial charge in [0.2, 0.25) is 0 Å². The fourth-order valence-corrected chi connectivity index (χ4v) is 2.54. The lowest BCUT2D eigenvalue weighted by atomic mass is 10.1. The molecule has 0 unspecified atom stereocenters. The Morgan fingerprint density at radius 1 is 1.35 bits per heavy atom. The van der Waals surface area contributed by atoms with Gasteiger partial charge in [-0.25, -0.2) is 14.7 Å². The fourth-order valence-electron chi connectivity index (χ4n) is 2.54. The molecule has 2 aromatic heterocycles. The average Bonchev–Trinajstić information content (AvgIpc) is 3.03. The molecule has 3 aromatic rings. The number of nitrogens with one attached hydrogen (secondary N) is 3. The Hall–Kier alpha value is -3.36. The van der Waals surface area contributed by atoms with Crippen LogP contribution < -0.4 is 21.4 Å². The second-order valence-corrected chi connectivity index (χ2v) is 5.70. The van der Waals surface area contributed by atoms with E-state index in [-0.39, 0.29) is 12.5 Å². The van der Waals surface area contributed by atoms with Crippen LogP contribution in [0.1, 0.15) is 25.2 Å². The smallest absolute Gasteiger partial charge is 0.340 e. The third-order valence-corrected chi connectivity index (χ3v) is 3.84. The Kier molecular flexibility index (Phi) is 4.87. The monoisotopic (exact) mass is 358 g/mol. The summed E-state index contributed by atoms with van der Waals surface area (Å²) in [6.45, 7) is 3.61. The molecule has 0 aliphatic carbocycles. The number of hydrogen-bond donors (Lipinski definition) is 3. The van der Waals surface area contributed by atoms with Gasteiger partial charge in [0.15, 0.2) is 6.10 Å². The Morgan fingerprint density at radius 2 is 2.15 bits per heavy atom. The van der Waals surface area contributed by atoms with E-state index in [2.05, 4.69) is 20.5 Å². The van der Waals surface area contributed by atoms with Gasteiger partial charge in [-0.05, 0) is 31.0 Å². The predicted octanol–water partition coefficient (Wildman–Crippen LogP) is 0.851. The number of benzene rings is 1. The lowest BCUT2D eigenvalue weighted by molar-refractivity contribution is -0.127. The number of fused-ring (bicyclic) bond motifs is 1. The largest absolute Gasteiger partial charge is 0.481 e. The van der Waals surface area contributed by atoms with Crippen LogP contribution in [0.15, 0.2) is 38.3 Å². The van der Waals surface area contributed by atoms with Crippen molar-refractivity contribution in [1.29, 1.82) is 0 Å². The number of rotatable bonds is 6. The van der Waals surface area contributed by atoms with Crippen molar-refractivity contribution in [2.75, 3.05) is 0 Å². The van der Waals surface area contributed by atoms with E-state index in [1.54, 1.807) is 25.1 Å². The van der Waals surface area contributed by atoms with Crippen molar-refractivity contribution < 1.29 is 13.9 Å². The highest BCUT2D eigenvalue weighted by Gasteiger charge is 2.16. The molecule has 0 spiro atoms. The van der Waals surface area contributed by atoms with Crippen LogP contribution in [0.4, 0.5) is 0 Å². The van der Waals surface area contributed by atoms with Crippen molar-refractivity contribution in [1.82, 2.24) is 20.5 Å². The number of nitrogens with zero attached hydrogens (tertiary/aromatic N) is 1. The molecular formula is C17H18N4O5. The van der Waals surface area contributed by atoms with Crippen LogP contribution in [0, 0.1) is 0 Å². The maximum absolute atomic E-state index is 12.1. The van der Waals surface area contributed by atoms with Crippen molar-refractivity contribution in [2.45, 2.75) is 32.9 Å². The number of ether oxygens (including phenoxy) is 1. The van der Waals surface area contributed by atoms with Gasteiger partial charge in [0.1, 0.15) is 17.2 Å². The molecule has 0 aliphatic heterocycles. The van der Waals surface area contributed by atoms with Crippen molar-refractivity contribution in [3.63, 3.8) is 0 Å². The van der Waals surface area contributed by atoms with Gasteiger partial charge in [-0.3, -0.25) is 9.78 Å². The van der Waals surface area contributed by atoms with Gasteiger partial charge in [0.05, 0.1) is 6.54 Å². The lowest BCUT2D eigenvalue weighted by Crippen LogP contribution is -2.36. The summed E-state index contributed by atoms with van der Waals surface area (Å²) in [4.78, 5) is 37.1. The number of amides is 1. The maximum atomic E-state index is 12.1. The van der Waals surface area contributed by atoms with Crippen molar-refractivity contribution in [3.05, 3.63) is 56.6 Å². The number of aromatic nitrogens is 3. The summed E-state index contributed by atoms with van der Waals surface area (Å²) in [5, 5.41) is 9.35. The Morgan fingerprint density at radius 3 is 2.85 bits per heavy atom. The van der Waals surface area contributed by atoms with Crippen molar-refractivity contribution >= 4 is 16.9 Å². The molecule has 0 fully saturated rings. The number of carbonyl (C=O) groups is 1. The minimum Gasteiger partial charge on any atom is -0.481 e. The molecule has 0 bridgehead atoms. The van der Waals surface area contributed by atoms with Crippen LogP contribution in [0.3, 0.4) is 0 Å². The second kappa shape index (κ2) is 7.26. The summed E-state index contributed by atoms with van der Waals surface area (Å²) in [6.07, 6.45) is -0.0877. The first-order valence-electron chi connectivity index (χ1n) is 8.11. The van der Waals surface area contributed by atoms with E-state index in [0.29, 0.717) is 23.6 Å².